The maximum Gasteiger partial charge on any atom is 0.267 e. The lowest BCUT2D eigenvalue weighted by Crippen LogP contribution is -2.29. The topological polar surface area (TPSA) is 54.5 Å². The maximum absolute atomic E-state index is 12.3. The quantitative estimate of drug-likeness (QED) is 0.817. The minimum absolute atomic E-state index is 0.186. The van der Waals surface area contributed by atoms with Gasteiger partial charge in [-0.1, -0.05) is 28.0 Å². The van der Waals surface area contributed by atoms with Crippen LogP contribution >= 0.6 is 20.7 Å². The van der Waals surface area contributed by atoms with E-state index >= 15 is 0 Å². The molecule has 4 nitrogen and oxygen atoms in total. The van der Waals surface area contributed by atoms with Crippen LogP contribution in [0.2, 0.25) is 0 Å². The van der Waals surface area contributed by atoms with Crippen LogP contribution in [0.4, 0.5) is 5.69 Å². The Labute approximate surface area is 113 Å². The fourth-order valence-corrected chi connectivity index (χ4v) is 4.50. The van der Waals surface area contributed by atoms with Crippen molar-refractivity contribution < 1.29 is 8.42 Å². The van der Waals surface area contributed by atoms with Crippen LogP contribution in [0.5, 0.6) is 0 Å². The number of hydrogen-bond acceptors (Lipinski definition) is 5. The Kier molecular flexibility index (Phi) is 3.56. The molecule has 0 radical (unpaired) electrons. The molecule has 1 aromatic carbocycles. The van der Waals surface area contributed by atoms with Gasteiger partial charge in [-0.2, -0.15) is 0 Å². The highest BCUT2D eigenvalue weighted by atomic mass is 32.9. The SMILES string of the molecule is Cc1ccc(S(=O)(=O)N(C)c2cssc2=O)cc1. The van der Waals surface area contributed by atoms with E-state index < -0.39 is 10.0 Å². The van der Waals surface area contributed by atoms with Crippen LogP contribution in [0.25, 0.3) is 0 Å². The van der Waals surface area contributed by atoms with E-state index in [1.165, 1.54) is 17.4 Å². The summed E-state index contributed by atoms with van der Waals surface area (Å²) in [7, 11) is -0.00250. The van der Waals surface area contributed by atoms with Crippen LogP contribution in [0.3, 0.4) is 0 Å². The van der Waals surface area contributed by atoms with E-state index in [9.17, 15) is 13.2 Å². The van der Waals surface area contributed by atoms with E-state index in [4.69, 9.17) is 0 Å². The van der Waals surface area contributed by atoms with Gasteiger partial charge in [-0.15, -0.1) is 0 Å². The molecule has 96 valence electrons. The molecule has 0 saturated carbocycles. The van der Waals surface area contributed by atoms with Crippen LogP contribution < -0.4 is 9.05 Å². The van der Waals surface area contributed by atoms with Crippen LogP contribution in [-0.2, 0) is 10.0 Å². The molecule has 0 fully saturated rings. The van der Waals surface area contributed by atoms with Crippen molar-refractivity contribution in [2.45, 2.75) is 11.8 Å². The summed E-state index contributed by atoms with van der Waals surface area (Å²) in [5.41, 5.74) is 1.18. The molecule has 1 heterocycles. The molecule has 0 amide bonds. The minimum Gasteiger partial charge on any atom is -0.275 e. The second-order valence-electron chi connectivity index (χ2n) is 3.76. The molecule has 0 unspecified atom stereocenters. The highest BCUT2D eigenvalue weighted by molar-refractivity contribution is 7.92. The van der Waals surface area contributed by atoms with Crippen LogP contribution in [0.15, 0.2) is 39.3 Å². The van der Waals surface area contributed by atoms with Gasteiger partial charge in [0, 0.05) is 12.4 Å². The van der Waals surface area contributed by atoms with Gasteiger partial charge in [0.05, 0.1) is 4.90 Å². The number of rotatable bonds is 3. The second kappa shape index (κ2) is 4.83. The molecule has 2 rings (SSSR count). The first-order valence-electron chi connectivity index (χ1n) is 5.06. The maximum atomic E-state index is 12.3. The number of anilines is 1. The highest BCUT2D eigenvalue weighted by Crippen LogP contribution is 2.22. The van der Waals surface area contributed by atoms with Crippen molar-refractivity contribution in [3.05, 3.63) is 44.7 Å². The van der Waals surface area contributed by atoms with Gasteiger partial charge < -0.3 is 0 Å². The smallest absolute Gasteiger partial charge is 0.267 e. The van der Waals surface area contributed by atoms with Crippen molar-refractivity contribution in [3.8, 4) is 0 Å². The van der Waals surface area contributed by atoms with Gasteiger partial charge in [0.2, 0.25) is 0 Å². The summed E-state index contributed by atoms with van der Waals surface area (Å²) in [6.45, 7) is 1.89. The van der Waals surface area contributed by atoms with Crippen molar-refractivity contribution in [3.63, 3.8) is 0 Å². The Balaban J connectivity index is 2.46. The monoisotopic (exact) mass is 301 g/mol. The normalized spacial score (nSPS) is 11.4. The van der Waals surface area contributed by atoms with Gasteiger partial charge >= 0.3 is 0 Å². The molecule has 0 N–H and O–H groups in total. The molecule has 0 bridgehead atoms. The Bertz CT molecular complexity index is 698. The average Bonchev–Trinajstić information content (AvgIpc) is 2.75. The zero-order valence-electron chi connectivity index (χ0n) is 9.78. The standard InChI is InChI=1S/C11H11NO3S3/c1-8-3-5-9(6-4-8)18(14,15)12(2)10-7-16-17-11(10)13/h3-7H,1-2H3. The van der Waals surface area contributed by atoms with Crippen molar-refractivity contribution in [1.82, 2.24) is 0 Å². The lowest BCUT2D eigenvalue weighted by atomic mass is 10.2. The van der Waals surface area contributed by atoms with E-state index in [-0.39, 0.29) is 15.3 Å². The summed E-state index contributed by atoms with van der Waals surface area (Å²) in [6, 6.07) is 6.55. The van der Waals surface area contributed by atoms with E-state index in [0.717, 1.165) is 20.2 Å². The van der Waals surface area contributed by atoms with Gasteiger partial charge in [0.1, 0.15) is 5.69 Å². The van der Waals surface area contributed by atoms with Crippen molar-refractivity contribution in [1.29, 1.82) is 0 Å². The molecule has 1 aromatic heterocycles. The Morgan fingerprint density at radius 3 is 2.28 bits per heavy atom. The lowest BCUT2D eigenvalue weighted by Gasteiger charge is -2.16. The molecule has 0 saturated heterocycles. The van der Waals surface area contributed by atoms with Crippen molar-refractivity contribution >= 4 is 36.4 Å². The first kappa shape index (κ1) is 13.3. The lowest BCUT2D eigenvalue weighted by molar-refractivity contribution is 0.594. The molecule has 7 heteroatoms. The zero-order valence-corrected chi connectivity index (χ0v) is 12.2. The van der Waals surface area contributed by atoms with Crippen molar-refractivity contribution in [2.75, 3.05) is 11.4 Å². The number of aryl methyl sites for hydroxylation is 1. The predicted molar refractivity (Wildman–Crippen MR) is 75.2 cm³/mol. The molecule has 0 atom stereocenters. The van der Waals surface area contributed by atoms with Crippen LogP contribution in [0.1, 0.15) is 5.56 Å². The molecule has 2 aromatic rings. The number of sulfonamides is 1. The number of nitrogens with zero attached hydrogens (tertiary/aromatic N) is 1. The average molecular weight is 301 g/mol. The summed E-state index contributed by atoms with van der Waals surface area (Å²) in [5, 5.41) is 1.55. The molecular weight excluding hydrogens is 290 g/mol. The van der Waals surface area contributed by atoms with Crippen LogP contribution in [-0.4, -0.2) is 15.5 Å². The number of benzene rings is 1. The minimum atomic E-state index is -3.65. The molecule has 18 heavy (non-hydrogen) atoms. The third-order valence-electron chi connectivity index (χ3n) is 2.51. The molecule has 0 aliphatic heterocycles. The van der Waals surface area contributed by atoms with Gasteiger partial charge in [0.25, 0.3) is 14.8 Å². The summed E-state index contributed by atoms with van der Waals surface area (Å²) < 4.78 is 25.4. The van der Waals surface area contributed by atoms with E-state index in [2.05, 4.69) is 0 Å². The van der Waals surface area contributed by atoms with Crippen LogP contribution in [0, 0.1) is 6.92 Å². The van der Waals surface area contributed by atoms with Crippen molar-refractivity contribution in [2.24, 2.45) is 0 Å². The first-order valence-corrected chi connectivity index (χ1v) is 8.71. The Morgan fingerprint density at radius 1 is 1.17 bits per heavy atom. The Morgan fingerprint density at radius 2 is 1.78 bits per heavy atom. The Hall–Kier alpha value is -1.18. The third kappa shape index (κ3) is 2.33. The fraction of sp³-hybridized carbons (Fsp3) is 0.182. The van der Waals surface area contributed by atoms with E-state index in [1.807, 2.05) is 6.92 Å². The summed E-state index contributed by atoms with van der Waals surface area (Å²) in [4.78, 5) is 11.7. The third-order valence-corrected chi connectivity index (χ3v) is 6.10. The molecular formula is C11H11NO3S3. The second-order valence-corrected chi connectivity index (χ2v) is 7.77. The van der Waals surface area contributed by atoms with Gasteiger partial charge in [-0.3, -0.25) is 9.10 Å². The summed E-state index contributed by atoms with van der Waals surface area (Å²) in [5.74, 6) is 0. The highest BCUT2D eigenvalue weighted by Gasteiger charge is 2.23. The fourth-order valence-electron chi connectivity index (χ4n) is 1.40. The zero-order chi connectivity index (χ0) is 13.3. The summed E-state index contributed by atoms with van der Waals surface area (Å²) >= 11 is 0. The first-order chi connectivity index (χ1) is 8.43. The largest absolute Gasteiger partial charge is 0.275 e. The molecule has 0 aliphatic rings. The van der Waals surface area contributed by atoms with E-state index in [0.29, 0.717) is 0 Å². The predicted octanol–water partition coefficient (Wildman–Crippen LogP) is 2.30. The van der Waals surface area contributed by atoms with Gasteiger partial charge in [-0.25, -0.2) is 8.42 Å². The number of hydrogen-bond donors (Lipinski definition) is 0. The summed E-state index contributed by atoms with van der Waals surface area (Å²) in [6.07, 6.45) is 0. The van der Waals surface area contributed by atoms with E-state index in [1.54, 1.807) is 29.6 Å². The van der Waals surface area contributed by atoms with Gasteiger partial charge in [0.15, 0.2) is 0 Å². The molecule has 0 aliphatic carbocycles. The van der Waals surface area contributed by atoms with Gasteiger partial charge in [-0.05, 0) is 29.4 Å². The molecule has 0 spiro atoms.